The molecule has 1 aromatic rings. The van der Waals surface area contributed by atoms with E-state index in [9.17, 15) is 0 Å². The van der Waals surface area contributed by atoms with Crippen molar-refractivity contribution in [3.8, 4) is 0 Å². The van der Waals surface area contributed by atoms with Gasteiger partial charge in [0.1, 0.15) is 11.9 Å². The molecule has 1 aliphatic rings. The average molecular weight is 238 g/mol. The Labute approximate surface area is 102 Å². The third-order valence-corrected chi connectivity index (χ3v) is 3.31. The van der Waals surface area contributed by atoms with Gasteiger partial charge < -0.3 is 9.30 Å². The van der Waals surface area contributed by atoms with Crippen LogP contribution in [-0.4, -0.2) is 21.8 Å². The molecule has 0 radical (unpaired) electrons. The second kappa shape index (κ2) is 5.62. The SMILES string of the molecule is CCCn1ccnc1C(NN)C1CCC(C)O1. The number of rotatable bonds is 5. The summed E-state index contributed by atoms with van der Waals surface area (Å²) < 4.78 is 8.03. The maximum atomic E-state index is 5.88. The second-order valence-electron chi connectivity index (χ2n) is 4.69. The van der Waals surface area contributed by atoms with Crippen LogP contribution < -0.4 is 11.3 Å². The molecule has 0 saturated carbocycles. The van der Waals surface area contributed by atoms with Gasteiger partial charge in [-0.3, -0.25) is 5.84 Å². The Bertz CT molecular complexity index is 352. The van der Waals surface area contributed by atoms with Gasteiger partial charge in [0.05, 0.1) is 12.2 Å². The van der Waals surface area contributed by atoms with Crippen molar-refractivity contribution >= 4 is 0 Å². The number of hydrazine groups is 1. The first-order valence-electron chi connectivity index (χ1n) is 6.38. The van der Waals surface area contributed by atoms with E-state index in [2.05, 4.69) is 28.8 Å². The summed E-state index contributed by atoms with van der Waals surface area (Å²) in [5.41, 5.74) is 2.86. The van der Waals surface area contributed by atoms with Crippen LogP contribution in [0.1, 0.15) is 45.0 Å². The lowest BCUT2D eigenvalue weighted by molar-refractivity contribution is 0.0288. The van der Waals surface area contributed by atoms with Crippen LogP contribution in [-0.2, 0) is 11.3 Å². The third-order valence-electron chi connectivity index (χ3n) is 3.31. The fourth-order valence-corrected chi connectivity index (χ4v) is 2.46. The number of aryl methyl sites for hydroxylation is 1. The van der Waals surface area contributed by atoms with E-state index < -0.39 is 0 Å². The summed E-state index contributed by atoms with van der Waals surface area (Å²) in [5.74, 6) is 6.65. The largest absolute Gasteiger partial charge is 0.373 e. The van der Waals surface area contributed by atoms with Crippen molar-refractivity contribution < 1.29 is 4.74 Å². The minimum atomic E-state index is -0.0125. The van der Waals surface area contributed by atoms with Crippen LogP contribution in [0.2, 0.25) is 0 Å². The van der Waals surface area contributed by atoms with Gasteiger partial charge in [-0.2, -0.15) is 0 Å². The average Bonchev–Trinajstić information content (AvgIpc) is 2.91. The normalized spacial score (nSPS) is 26.3. The van der Waals surface area contributed by atoms with Gasteiger partial charge in [0, 0.05) is 18.9 Å². The Morgan fingerprint density at radius 2 is 2.47 bits per heavy atom. The highest BCUT2D eigenvalue weighted by molar-refractivity contribution is 5.03. The first-order valence-corrected chi connectivity index (χ1v) is 6.38. The molecule has 2 rings (SSSR count). The summed E-state index contributed by atoms with van der Waals surface area (Å²) in [5, 5.41) is 0. The minimum Gasteiger partial charge on any atom is -0.373 e. The van der Waals surface area contributed by atoms with E-state index in [1.807, 2.05) is 12.4 Å². The molecule has 0 amide bonds. The number of nitrogens with two attached hydrogens (primary N) is 1. The maximum Gasteiger partial charge on any atom is 0.129 e. The number of aromatic nitrogens is 2. The number of imidazole rings is 1. The van der Waals surface area contributed by atoms with E-state index in [0.29, 0.717) is 6.10 Å². The topological polar surface area (TPSA) is 65.1 Å². The van der Waals surface area contributed by atoms with Crippen molar-refractivity contribution in [3.63, 3.8) is 0 Å². The molecule has 1 aromatic heterocycles. The molecule has 17 heavy (non-hydrogen) atoms. The van der Waals surface area contributed by atoms with E-state index in [0.717, 1.165) is 31.6 Å². The molecular formula is C12H22N4O. The number of ether oxygens (including phenoxy) is 1. The molecular weight excluding hydrogens is 216 g/mol. The van der Waals surface area contributed by atoms with E-state index in [-0.39, 0.29) is 12.1 Å². The molecule has 96 valence electrons. The molecule has 3 unspecified atom stereocenters. The van der Waals surface area contributed by atoms with Crippen LogP contribution >= 0.6 is 0 Å². The van der Waals surface area contributed by atoms with Crippen LogP contribution in [0.25, 0.3) is 0 Å². The highest BCUT2D eigenvalue weighted by atomic mass is 16.5. The lowest BCUT2D eigenvalue weighted by atomic mass is 10.1. The standard InChI is InChI=1S/C12H22N4O/c1-3-7-16-8-6-14-12(16)11(15-13)10-5-4-9(2)17-10/h6,8-11,15H,3-5,7,13H2,1-2H3. The molecule has 3 atom stereocenters. The molecule has 0 spiro atoms. The molecule has 5 nitrogen and oxygen atoms in total. The van der Waals surface area contributed by atoms with Crippen LogP contribution in [0.3, 0.4) is 0 Å². The van der Waals surface area contributed by atoms with Gasteiger partial charge in [-0.1, -0.05) is 6.92 Å². The predicted molar refractivity (Wildman–Crippen MR) is 66.2 cm³/mol. The number of hydrogen-bond donors (Lipinski definition) is 2. The van der Waals surface area contributed by atoms with Crippen molar-refractivity contribution in [2.75, 3.05) is 0 Å². The van der Waals surface area contributed by atoms with E-state index >= 15 is 0 Å². The van der Waals surface area contributed by atoms with Crippen LogP contribution in [0.15, 0.2) is 12.4 Å². The lowest BCUT2D eigenvalue weighted by Crippen LogP contribution is -2.38. The summed E-state index contributed by atoms with van der Waals surface area (Å²) in [6.07, 6.45) is 7.50. The Morgan fingerprint density at radius 1 is 1.65 bits per heavy atom. The van der Waals surface area contributed by atoms with Crippen LogP contribution in [0, 0.1) is 0 Å². The van der Waals surface area contributed by atoms with Gasteiger partial charge in [0.25, 0.3) is 0 Å². The van der Waals surface area contributed by atoms with Crippen molar-refractivity contribution in [2.45, 2.75) is 57.9 Å². The highest BCUT2D eigenvalue weighted by Crippen LogP contribution is 2.28. The zero-order valence-corrected chi connectivity index (χ0v) is 10.6. The predicted octanol–water partition coefficient (Wildman–Crippen LogP) is 1.36. The fraction of sp³-hybridized carbons (Fsp3) is 0.750. The van der Waals surface area contributed by atoms with Crippen LogP contribution in [0.5, 0.6) is 0 Å². The second-order valence-corrected chi connectivity index (χ2v) is 4.69. The monoisotopic (exact) mass is 238 g/mol. The zero-order valence-electron chi connectivity index (χ0n) is 10.6. The van der Waals surface area contributed by atoms with Crippen molar-refractivity contribution in [3.05, 3.63) is 18.2 Å². The Hall–Kier alpha value is -0.910. The molecule has 2 heterocycles. The van der Waals surface area contributed by atoms with E-state index in [1.54, 1.807) is 0 Å². The molecule has 0 bridgehead atoms. The lowest BCUT2D eigenvalue weighted by Gasteiger charge is -2.23. The molecule has 0 aromatic carbocycles. The summed E-state index contributed by atoms with van der Waals surface area (Å²) in [6, 6.07) is -0.0125. The van der Waals surface area contributed by atoms with Gasteiger partial charge in [-0.25, -0.2) is 10.4 Å². The first-order chi connectivity index (χ1) is 8.26. The van der Waals surface area contributed by atoms with Gasteiger partial charge in [-0.05, 0) is 26.2 Å². The third kappa shape index (κ3) is 2.68. The van der Waals surface area contributed by atoms with E-state index in [4.69, 9.17) is 10.6 Å². The number of nitrogens with zero attached hydrogens (tertiary/aromatic N) is 2. The Kier molecular flexibility index (Phi) is 4.15. The summed E-state index contributed by atoms with van der Waals surface area (Å²) in [6.45, 7) is 5.23. The van der Waals surface area contributed by atoms with Gasteiger partial charge in [0.2, 0.25) is 0 Å². The number of nitrogens with one attached hydrogen (secondary N) is 1. The molecule has 5 heteroatoms. The minimum absolute atomic E-state index is 0.0125. The number of hydrogen-bond acceptors (Lipinski definition) is 4. The summed E-state index contributed by atoms with van der Waals surface area (Å²) in [4.78, 5) is 4.42. The molecule has 3 N–H and O–H groups in total. The smallest absolute Gasteiger partial charge is 0.129 e. The van der Waals surface area contributed by atoms with Gasteiger partial charge in [0.15, 0.2) is 0 Å². The molecule has 0 aliphatic carbocycles. The fourth-order valence-electron chi connectivity index (χ4n) is 2.46. The van der Waals surface area contributed by atoms with E-state index in [1.165, 1.54) is 0 Å². The zero-order chi connectivity index (χ0) is 12.3. The quantitative estimate of drug-likeness (QED) is 0.600. The molecule has 1 fully saturated rings. The van der Waals surface area contributed by atoms with Gasteiger partial charge >= 0.3 is 0 Å². The summed E-state index contributed by atoms with van der Waals surface area (Å²) in [7, 11) is 0. The first kappa shape index (κ1) is 12.5. The van der Waals surface area contributed by atoms with Gasteiger partial charge in [-0.15, -0.1) is 0 Å². The highest BCUT2D eigenvalue weighted by Gasteiger charge is 2.32. The van der Waals surface area contributed by atoms with Crippen molar-refractivity contribution in [1.82, 2.24) is 15.0 Å². The van der Waals surface area contributed by atoms with Crippen LogP contribution in [0.4, 0.5) is 0 Å². The van der Waals surface area contributed by atoms with Crippen molar-refractivity contribution in [2.24, 2.45) is 5.84 Å². The summed E-state index contributed by atoms with van der Waals surface area (Å²) >= 11 is 0. The molecule has 1 saturated heterocycles. The molecule has 1 aliphatic heterocycles. The maximum absolute atomic E-state index is 5.88. The Morgan fingerprint density at radius 3 is 3.06 bits per heavy atom. The van der Waals surface area contributed by atoms with Crippen molar-refractivity contribution in [1.29, 1.82) is 0 Å². The Balaban J connectivity index is 2.14.